The van der Waals surface area contributed by atoms with Gasteiger partial charge in [0.1, 0.15) is 11.9 Å². The average Bonchev–Trinajstić information content (AvgIpc) is 2.76. The molecule has 3 atom stereocenters. The van der Waals surface area contributed by atoms with Gasteiger partial charge >= 0.3 is 5.97 Å². The number of carbonyl (C=O) groups excluding carboxylic acids is 2. The van der Waals surface area contributed by atoms with Crippen LogP contribution in [0.3, 0.4) is 0 Å². The summed E-state index contributed by atoms with van der Waals surface area (Å²) in [5.74, 6) is -0.0851. The van der Waals surface area contributed by atoms with E-state index in [4.69, 9.17) is 13.9 Å². The fourth-order valence-corrected chi connectivity index (χ4v) is 3.98. The zero-order chi connectivity index (χ0) is 19.6. The molecule has 5 nitrogen and oxygen atoms in total. The number of aldehydes is 1. The molecule has 1 rings (SSSR count). The molecule has 1 heterocycles. The lowest BCUT2D eigenvalue weighted by Gasteiger charge is -2.41. The van der Waals surface area contributed by atoms with E-state index in [1.54, 1.807) is 0 Å². The van der Waals surface area contributed by atoms with E-state index in [1.807, 2.05) is 13.8 Å². The first-order valence-electron chi connectivity index (χ1n) is 8.68. The Bertz CT molecular complexity index is 571. The number of rotatable bonds is 8. The van der Waals surface area contributed by atoms with Gasteiger partial charge in [0.05, 0.1) is 13.2 Å². The molecule has 1 aliphatic heterocycles. The van der Waals surface area contributed by atoms with Crippen LogP contribution < -0.4 is 0 Å². The summed E-state index contributed by atoms with van der Waals surface area (Å²) < 4.78 is 17.1. The van der Waals surface area contributed by atoms with E-state index in [0.29, 0.717) is 17.8 Å². The van der Waals surface area contributed by atoms with Gasteiger partial charge in [0.25, 0.3) is 0 Å². The summed E-state index contributed by atoms with van der Waals surface area (Å²) in [5.41, 5.74) is 0.378. The highest BCUT2D eigenvalue weighted by Gasteiger charge is 2.45. The van der Waals surface area contributed by atoms with E-state index in [9.17, 15) is 9.59 Å². The number of hydrogen-bond acceptors (Lipinski definition) is 5. The first-order chi connectivity index (χ1) is 11.4. The minimum absolute atomic E-state index is 0.0193. The number of cyclic esters (lactones) is 1. The van der Waals surface area contributed by atoms with Crippen LogP contribution in [0.1, 0.15) is 41.0 Å². The first kappa shape index (κ1) is 21.6. The molecule has 0 aromatic rings. The molecule has 6 heteroatoms. The lowest BCUT2D eigenvalue weighted by atomic mass is 9.89. The number of esters is 1. The van der Waals surface area contributed by atoms with Gasteiger partial charge in [-0.05, 0) is 30.5 Å². The van der Waals surface area contributed by atoms with Crippen LogP contribution >= 0.6 is 0 Å². The molecule has 25 heavy (non-hydrogen) atoms. The zero-order valence-electron chi connectivity index (χ0n) is 16.8. The van der Waals surface area contributed by atoms with E-state index < -0.39 is 20.4 Å². The molecule has 1 aliphatic rings. The summed E-state index contributed by atoms with van der Waals surface area (Å²) in [6, 6.07) is 0. The number of ether oxygens (including phenoxy) is 2. The fraction of sp³-hybridized carbons (Fsp3) is 0.684. The minimum atomic E-state index is -2.17. The average molecular weight is 369 g/mol. The SMILES string of the molecule is C=C1OC(=O)C(C(O[Si](C)(C)C(C)(C)C)[C@H](C)C[C@H](C)C=O)=C1OC. The van der Waals surface area contributed by atoms with Gasteiger partial charge in [-0.2, -0.15) is 0 Å². The second kappa shape index (κ2) is 7.87. The third kappa shape index (κ3) is 4.82. The van der Waals surface area contributed by atoms with Crippen LogP contribution in [-0.4, -0.2) is 33.8 Å². The van der Waals surface area contributed by atoms with Crippen molar-refractivity contribution in [1.29, 1.82) is 0 Å². The van der Waals surface area contributed by atoms with E-state index in [1.165, 1.54) is 7.11 Å². The lowest BCUT2D eigenvalue weighted by molar-refractivity contribution is -0.134. The normalized spacial score (nSPS) is 19.5. The van der Waals surface area contributed by atoms with Crippen molar-refractivity contribution in [2.45, 2.75) is 65.3 Å². The van der Waals surface area contributed by atoms with Crippen molar-refractivity contribution in [3.05, 3.63) is 23.7 Å². The van der Waals surface area contributed by atoms with Crippen molar-refractivity contribution in [3.63, 3.8) is 0 Å². The standard InChI is InChI=1S/C19H32O5Si/c1-12(11-20)10-13(2)16(24-25(8,9)19(4,5)6)15-17(22-7)14(3)23-18(15)21/h11-13,16H,3,10H2,1-2,4-9H3/t12-,13+,16?/m0/s1. The molecule has 0 spiro atoms. The highest BCUT2D eigenvalue weighted by Crippen LogP contribution is 2.41. The largest absolute Gasteiger partial charge is 0.492 e. The third-order valence-corrected chi connectivity index (χ3v) is 9.60. The van der Waals surface area contributed by atoms with Gasteiger partial charge in [0.15, 0.2) is 19.8 Å². The van der Waals surface area contributed by atoms with Gasteiger partial charge in [-0.15, -0.1) is 0 Å². The van der Waals surface area contributed by atoms with Gasteiger partial charge in [-0.1, -0.05) is 41.2 Å². The Morgan fingerprint density at radius 2 is 1.84 bits per heavy atom. The molecule has 0 bridgehead atoms. The van der Waals surface area contributed by atoms with Crippen molar-refractivity contribution in [2.24, 2.45) is 11.8 Å². The van der Waals surface area contributed by atoms with E-state index in [0.717, 1.165) is 6.29 Å². The van der Waals surface area contributed by atoms with Crippen molar-refractivity contribution in [1.82, 2.24) is 0 Å². The summed E-state index contributed by atoms with van der Waals surface area (Å²) in [4.78, 5) is 23.5. The number of carbonyl (C=O) groups is 2. The molecular weight excluding hydrogens is 336 g/mol. The number of methoxy groups -OCH3 is 1. The monoisotopic (exact) mass is 368 g/mol. The van der Waals surface area contributed by atoms with Crippen LogP contribution in [0, 0.1) is 11.8 Å². The van der Waals surface area contributed by atoms with Crippen molar-refractivity contribution in [3.8, 4) is 0 Å². The second-order valence-corrected chi connectivity index (χ2v) is 13.1. The van der Waals surface area contributed by atoms with Gasteiger partial charge < -0.3 is 18.7 Å². The summed E-state index contributed by atoms with van der Waals surface area (Å²) in [6.45, 7) is 18.3. The summed E-state index contributed by atoms with van der Waals surface area (Å²) >= 11 is 0. The highest BCUT2D eigenvalue weighted by molar-refractivity contribution is 6.74. The van der Waals surface area contributed by atoms with Crippen LogP contribution in [0.25, 0.3) is 0 Å². The fourth-order valence-electron chi connectivity index (χ4n) is 2.64. The van der Waals surface area contributed by atoms with E-state index in [2.05, 4.69) is 40.4 Å². The molecule has 0 saturated carbocycles. The molecule has 0 fully saturated rings. The lowest BCUT2D eigenvalue weighted by Crippen LogP contribution is -2.47. The molecule has 142 valence electrons. The molecule has 0 saturated heterocycles. The van der Waals surface area contributed by atoms with Crippen molar-refractivity contribution in [2.75, 3.05) is 7.11 Å². The number of hydrogen-bond donors (Lipinski definition) is 0. The van der Waals surface area contributed by atoms with Crippen LogP contribution in [0.5, 0.6) is 0 Å². The Morgan fingerprint density at radius 3 is 2.28 bits per heavy atom. The highest BCUT2D eigenvalue weighted by atomic mass is 28.4. The maximum Gasteiger partial charge on any atom is 0.346 e. The van der Waals surface area contributed by atoms with Gasteiger partial charge in [-0.25, -0.2) is 4.79 Å². The van der Waals surface area contributed by atoms with E-state index >= 15 is 0 Å². The quantitative estimate of drug-likeness (QED) is 0.365. The third-order valence-electron chi connectivity index (χ3n) is 5.14. The predicted octanol–water partition coefficient (Wildman–Crippen LogP) is 4.21. The molecule has 0 N–H and O–H groups in total. The predicted molar refractivity (Wildman–Crippen MR) is 100 cm³/mol. The maximum absolute atomic E-state index is 12.4. The van der Waals surface area contributed by atoms with E-state index in [-0.39, 0.29) is 22.6 Å². The minimum Gasteiger partial charge on any atom is -0.492 e. The molecular formula is C19H32O5Si. The molecule has 0 aromatic carbocycles. The Balaban J connectivity index is 3.33. The summed E-state index contributed by atoms with van der Waals surface area (Å²) in [6.07, 6.45) is 1.05. The zero-order valence-corrected chi connectivity index (χ0v) is 17.8. The second-order valence-electron chi connectivity index (χ2n) is 8.38. The van der Waals surface area contributed by atoms with Crippen molar-refractivity contribution < 1.29 is 23.5 Å². The summed E-state index contributed by atoms with van der Waals surface area (Å²) in [7, 11) is -0.678. The molecule has 0 amide bonds. The smallest absolute Gasteiger partial charge is 0.346 e. The van der Waals surface area contributed by atoms with Gasteiger partial charge in [0, 0.05) is 5.92 Å². The van der Waals surface area contributed by atoms with Crippen LogP contribution in [0.2, 0.25) is 18.1 Å². The first-order valence-corrected chi connectivity index (χ1v) is 11.6. The molecule has 1 unspecified atom stereocenters. The van der Waals surface area contributed by atoms with Gasteiger partial charge in [-0.3, -0.25) is 0 Å². The molecule has 0 aromatic heterocycles. The Kier molecular flexibility index (Phi) is 6.81. The maximum atomic E-state index is 12.4. The Morgan fingerprint density at radius 1 is 1.28 bits per heavy atom. The van der Waals surface area contributed by atoms with Crippen LogP contribution in [-0.2, 0) is 23.5 Å². The van der Waals surface area contributed by atoms with Crippen LogP contribution in [0.4, 0.5) is 0 Å². The van der Waals surface area contributed by atoms with Crippen molar-refractivity contribution >= 4 is 20.6 Å². The molecule has 0 aliphatic carbocycles. The molecule has 0 radical (unpaired) electrons. The topological polar surface area (TPSA) is 61.8 Å². The Hall–Kier alpha value is -1.40. The Labute approximate surface area is 152 Å². The van der Waals surface area contributed by atoms with Crippen LogP contribution in [0.15, 0.2) is 23.7 Å². The summed E-state index contributed by atoms with van der Waals surface area (Å²) in [5, 5.41) is -0.0193. The van der Waals surface area contributed by atoms with Gasteiger partial charge in [0.2, 0.25) is 0 Å².